The Morgan fingerprint density at radius 1 is 1.08 bits per heavy atom. The largest absolute Gasteiger partial charge is 0.303 e. The summed E-state index contributed by atoms with van der Waals surface area (Å²) >= 11 is 0. The van der Waals surface area contributed by atoms with Crippen LogP contribution >= 0.6 is 0 Å². The van der Waals surface area contributed by atoms with Crippen LogP contribution in [0.3, 0.4) is 0 Å². The molecule has 0 unspecified atom stereocenters. The summed E-state index contributed by atoms with van der Waals surface area (Å²) in [5.74, 6) is 0. The maximum Gasteiger partial charge on any atom is 0.0160 e. The van der Waals surface area contributed by atoms with Gasteiger partial charge in [-0.3, -0.25) is 0 Å². The van der Waals surface area contributed by atoms with E-state index in [9.17, 15) is 0 Å². The van der Waals surface area contributed by atoms with Crippen LogP contribution in [-0.4, -0.2) is 25.0 Å². The van der Waals surface area contributed by atoms with Gasteiger partial charge in [0.25, 0.3) is 0 Å². The molecule has 0 rings (SSSR count). The van der Waals surface area contributed by atoms with Crippen LogP contribution < -0.4 is 0 Å². The van der Waals surface area contributed by atoms with Gasteiger partial charge in [0.1, 0.15) is 0 Å². The lowest BCUT2D eigenvalue weighted by molar-refractivity contribution is 0.370. The summed E-state index contributed by atoms with van der Waals surface area (Å²) in [7, 11) is 2.17. The van der Waals surface area contributed by atoms with Crippen LogP contribution in [0.2, 0.25) is 0 Å². The Balaban J connectivity index is 3.29. The van der Waals surface area contributed by atoms with Crippen molar-refractivity contribution in [2.45, 2.75) is 33.1 Å². The predicted molar refractivity (Wildman–Crippen MR) is 61.0 cm³/mol. The highest BCUT2D eigenvalue weighted by molar-refractivity contribution is 4.87. The molecule has 0 bridgehead atoms. The lowest BCUT2D eigenvalue weighted by atomic mass is 10.2. The Bertz CT molecular complexity index is 147. The van der Waals surface area contributed by atoms with Crippen molar-refractivity contribution in [2.24, 2.45) is 0 Å². The molecule has 0 fully saturated rings. The third-order valence-corrected chi connectivity index (χ3v) is 1.92. The molecule has 0 aliphatic carbocycles. The molecule has 0 saturated heterocycles. The van der Waals surface area contributed by atoms with E-state index in [0.29, 0.717) is 0 Å². The molecular formula is C12H23N. The zero-order chi connectivity index (χ0) is 9.94. The lowest BCUT2D eigenvalue weighted by Crippen LogP contribution is -2.18. The molecule has 0 spiro atoms. The average Bonchev–Trinajstić information content (AvgIpc) is 2.11. The van der Waals surface area contributed by atoms with Crippen LogP contribution in [0, 0.1) is 0 Å². The minimum absolute atomic E-state index is 1.09. The van der Waals surface area contributed by atoms with Crippen LogP contribution in [0.4, 0.5) is 0 Å². The van der Waals surface area contributed by atoms with E-state index >= 15 is 0 Å². The number of allylic oxidation sites excluding steroid dienone is 3. The summed E-state index contributed by atoms with van der Waals surface area (Å²) in [5, 5.41) is 0. The molecular weight excluding hydrogens is 158 g/mol. The lowest BCUT2D eigenvalue weighted by Gasteiger charge is -2.11. The molecule has 76 valence electrons. The van der Waals surface area contributed by atoms with Gasteiger partial charge in [-0.25, -0.2) is 0 Å². The van der Waals surface area contributed by atoms with Crippen LogP contribution in [0.15, 0.2) is 24.3 Å². The first-order chi connectivity index (χ1) is 6.31. The molecule has 0 aromatic carbocycles. The van der Waals surface area contributed by atoms with Crippen molar-refractivity contribution < 1.29 is 0 Å². The van der Waals surface area contributed by atoms with Crippen LogP contribution in [-0.2, 0) is 0 Å². The zero-order valence-electron chi connectivity index (χ0n) is 9.29. The van der Waals surface area contributed by atoms with Gasteiger partial charge in [0.05, 0.1) is 0 Å². The second-order valence-corrected chi connectivity index (χ2v) is 3.38. The normalized spacial score (nSPS) is 12.3. The highest BCUT2D eigenvalue weighted by atomic mass is 15.1. The van der Waals surface area contributed by atoms with Gasteiger partial charge in [-0.2, -0.15) is 0 Å². The minimum atomic E-state index is 1.09. The smallest absolute Gasteiger partial charge is 0.0160 e. The number of rotatable bonds is 7. The van der Waals surface area contributed by atoms with Gasteiger partial charge in [0.15, 0.2) is 0 Å². The van der Waals surface area contributed by atoms with Crippen LogP contribution in [0.1, 0.15) is 33.1 Å². The van der Waals surface area contributed by atoms with Crippen molar-refractivity contribution in [3.8, 4) is 0 Å². The van der Waals surface area contributed by atoms with E-state index in [2.05, 4.69) is 50.1 Å². The third kappa shape index (κ3) is 9.35. The van der Waals surface area contributed by atoms with Crippen molar-refractivity contribution in [1.29, 1.82) is 0 Å². The number of nitrogens with zero attached hydrogens (tertiary/aromatic N) is 1. The highest BCUT2D eigenvalue weighted by Gasteiger charge is 1.90. The first-order valence-electron chi connectivity index (χ1n) is 5.26. The van der Waals surface area contributed by atoms with E-state index in [-0.39, 0.29) is 0 Å². The first kappa shape index (κ1) is 12.4. The van der Waals surface area contributed by atoms with E-state index in [4.69, 9.17) is 0 Å². The Labute approximate surface area is 83.1 Å². The second kappa shape index (κ2) is 9.53. The minimum Gasteiger partial charge on any atom is -0.303 e. The van der Waals surface area contributed by atoms with E-state index in [1.165, 1.54) is 25.8 Å². The molecule has 1 heteroatoms. The average molecular weight is 181 g/mol. The van der Waals surface area contributed by atoms with E-state index in [0.717, 1.165) is 6.54 Å². The SMILES string of the molecule is CC=CCCC=CCN(C)CCC. The van der Waals surface area contributed by atoms with Crippen LogP contribution in [0.25, 0.3) is 0 Å². The number of hydrogen-bond donors (Lipinski definition) is 0. The summed E-state index contributed by atoms with van der Waals surface area (Å²) in [6.45, 7) is 6.56. The number of hydrogen-bond acceptors (Lipinski definition) is 1. The van der Waals surface area contributed by atoms with Gasteiger partial charge in [-0.05, 0) is 39.8 Å². The molecule has 0 aromatic heterocycles. The third-order valence-electron chi connectivity index (χ3n) is 1.92. The second-order valence-electron chi connectivity index (χ2n) is 3.38. The van der Waals surface area contributed by atoms with Crippen molar-refractivity contribution in [3.05, 3.63) is 24.3 Å². The Hall–Kier alpha value is -0.560. The quantitative estimate of drug-likeness (QED) is 0.430. The summed E-state index contributed by atoms with van der Waals surface area (Å²) in [6, 6.07) is 0. The molecule has 0 saturated carbocycles. The van der Waals surface area contributed by atoms with Gasteiger partial charge in [-0.15, -0.1) is 0 Å². The predicted octanol–water partition coefficient (Wildman–Crippen LogP) is 3.24. The molecule has 0 aliphatic rings. The summed E-state index contributed by atoms with van der Waals surface area (Å²) in [6.07, 6.45) is 12.4. The number of unbranched alkanes of at least 4 members (excludes halogenated alkanes) is 1. The van der Waals surface area contributed by atoms with Gasteiger partial charge in [0.2, 0.25) is 0 Å². The zero-order valence-corrected chi connectivity index (χ0v) is 9.29. The Morgan fingerprint density at radius 2 is 1.77 bits per heavy atom. The summed E-state index contributed by atoms with van der Waals surface area (Å²) in [5.41, 5.74) is 0. The summed E-state index contributed by atoms with van der Waals surface area (Å²) in [4.78, 5) is 2.34. The molecule has 0 aliphatic heterocycles. The van der Waals surface area contributed by atoms with Gasteiger partial charge < -0.3 is 4.90 Å². The molecule has 1 nitrogen and oxygen atoms in total. The van der Waals surface area contributed by atoms with E-state index in [1.54, 1.807) is 0 Å². The molecule has 0 amide bonds. The van der Waals surface area contributed by atoms with Crippen molar-refractivity contribution in [3.63, 3.8) is 0 Å². The molecule has 0 N–H and O–H groups in total. The van der Waals surface area contributed by atoms with Crippen LogP contribution in [0.5, 0.6) is 0 Å². The summed E-state index contributed by atoms with van der Waals surface area (Å²) < 4.78 is 0. The highest BCUT2D eigenvalue weighted by Crippen LogP contribution is 1.93. The van der Waals surface area contributed by atoms with Gasteiger partial charge in [-0.1, -0.05) is 31.2 Å². The van der Waals surface area contributed by atoms with Crippen molar-refractivity contribution >= 4 is 0 Å². The van der Waals surface area contributed by atoms with Crippen molar-refractivity contribution in [2.75, 3.05) is 20.1 Å². The fourth-order valence-electron chi connectivity index (χ4n) is 1.20. The number of likely N-dealkylation sites (N-methyl/N-ethyl adjacent to an activating group) is 1. The standard InChI is InChI=1S/C12H23N/c1-4-6-7-8-9-10-12-13(3)11-5-2/h4,6,9-10H,5,7-8,11-12H2,1-3H3. The fraction of sp³-hybridized carbons (Fsp3) is 0.667. The first-order valence-corrected chi connectivity index (χ1v) is 5.26. The molecule has 0 radical (unpaired) electrons. The molecule has 0 atom stereocenters. The monoisotopic (exact) mass is 181 g/mol. The maximum absolute atomic E-state index is 2.34. The van der Waals surface area contributed by atoms with E-state index < -0.39 is 0 Å². The fourth-order valence-corrected chi connectivity index (χ4v) is 1.20. The van der Waals surface area contributed by atoms with E-state index in [1.807, 2.05) is 0 Å². The molecule has 13 heavy (non-hydrogen) atoms. The topological polar surface area (TPSA) is 3.24 Å². The maximum atomic E-state index is 2.34. The van der Waals surface area contributed by atoms with Gasteiger partial charge >= 0.3 is 0 Å². The Morgan fingerprint density at radius 3 is 2.38 bits per heavy atom. The molecule has 0 heterocycles. The van der Waals surface area contributed by atoms with Crippen molar-refractivity contribution in [1.82, 2.24) is 4.90 Å². The van der Waals surface area contributed by atoms with Gasteiger partial charge in [0, 0.05) is 6.54 Å². The Kier molecular flexibility index (Phi) is 9.12. The molecule has 0 aromatic rings.